The fourth-order valence-corrected chi connectivity index (χ4v) is 1.85. The van der Waals surface area contributed by atoms with Crippen LogP contribution in [-0.2, 0) is 16.0 Å². The quantitative estimate of drug-likeness (QED) is 0.799. The molecule has 1 aromatic rings. The van der Waals surface area contributed by atoms with E-state index in [9.17, 15) is 9.59 Å². The maximum absolute atomic E-state index is 10.8. The molecule has 0 fully saturated rings. The molecule has 1 aromatic carbocycles. The van der Waals surface area contributed by atoms with E-state index < -0.39 is 17.9 Å². The summed E-state index contributed by atoms with van der Waals surface area (Å²) < 4.78 is 0. The maximum atomic E-state index is 10.8. The summed E-state index contributed by atoms with van der Waals surface area (Å²) in [4.78, 5) is 21.3. The average Bonchev–Trinajstić information content (AvgIpc) is 2.29. The molecular weight excluding hydrogens is 256 g/mol. The highest BCUT2D eigenvalue weighted by atomic mass is 35.5. The topological polar surface area (TPSA) is 74.6 Å². The standard InChI is InChI=1S/C13H15ClO4/c14-11-6-4-9(5-7-11)2-1-3-10(13(17)18)8-12(15)16/h4-7,10H,1-3,8H2,(H,15,16)(H,17,18). The van der Waals surface area contributed by atoms with E-state index in [1.165, 1.54) is 0 Å². The number of rotatable bonds is 7. The van der Waals surface area contributed by atoms with Gasteiger partial charge in [0.1, 0.15) is 0 Å². The molecule has 4 nitrogen and oxygen atoms in total. The summed E-state index contributed by atoms with van der Waals surface area (Å²) in [6.07, 6.45) is 1.41. The monoisotopic (exact) mass is 270 g/mol. The lowest BCUT2D eigenvalue weighted by Crippen LogP contribution is -2.17. The number of hydrogen-bond donors (Lipinski definition) is 2. The van der Waals surface area contributed by atoms with E-state index >= 15 is 0 Å². The van der Waals surface area contributed by atoms with Gasteiger partial charge in [0.15, 0.2) is 0 Å². The summed E-state index contributed by atoms with van der Waals surface area (Å²) in [6, 6.07) is 7.33. The van der Waals surface area contributed by atoms with Crippen molar-refractivity contribution in [3.63, 3.8) is 0 Å². The highest BCUT2D eigenvalue weighted by Gasteiger charge is 2.20. The lowest BCUT2D eigenvalue weighted by atomic mass is 9.97. The van der Waals surface area contributed by atoms with Crippen molar-refractivity contribution < 1.29 is 19.8 Å². The second-order valence-electron chi connectivity index (χ2n) is 4.15. The first-order valence-electron chi connectivity index (χ1n) is 5.68. The second kappa shape index (κ2) is 7.01. The Balaban J connectivity index is 2.41. The van der Waals surface area contributed by atoms with Crippen molar-refractivity contribution in [3.05, 3.63) is 34.9 Å². The summed E-state index contributed by atoms with van der Waals surface area (Å²) in [6.45, 7) is 0. The Morgan fingerprint density at radius 3 is 2.28 bits per heavy atom. The Morgan fingerprint density at radius 1 is 1.17 bits per heavy atom. The number of hydrogen-bond acceptors (Lipinski definition) is 2. The molecule has 1 atom stereocenters. The Kier molecular flexibility index (Phi) is 5.65. The van der Waals surface area contributed by atoms with E-state index in [2.05, 4.69) is 0 Å². The van der Waals surface area contributed by atoms with Gasteiger partial charge in [0.25, 0.3) is 0 Å². The molecule has 0 saturated heterocycles. The largest absolute Gasteiger partial charge is 0.481 e. The van der Waals surface area contributed by atoms with Gasteiger partial charge in [0, 0.05) is 5.02 Å². The van der Waals surface area contributed by atoms with Crippen LogP contribution < -0.4 is 0 Å². The number of benzene rings is 1. The van der Waals surface area contributed by atoms with Crippen molar-refractivity contribution in [2.75, 3.05) is 0 Å². The highest BCUT2D eigenvalue weighted by Crippen LogP contribution is 2.16. The number of carbonyl (C=O) groups is 2. The summed E-state index contributed by atoms with van der Waals surface area (Å²) in [5, 5.41) is 18.1. The van der Waals surface area contributed by atoms with Gasteiger partial charge in [0.2, 0.25) is 0 Å². The third kappa shape index (κ3) is 5.19. The fourth-order valence-electron chi connectivity index (χ4n) is 1.73. The molecule has 0 aromatic heterocycles. The van der Waals surface area contributed by atoms with Crippen LogP contribution in [0.5, 0.6) is 0 Å². The number of carboxylic acids is 2. The van der Waals surface area contributed by atoms with Gasteiger partial charge in [0.05, 0.1) is 12.3 Å². The Hall–Kier alpha value is -1.55. The van der Waals surface area contributed by atoms with Crippen LogP contribution in [0.1, 0.15) is 24.8 Å². The van der Waals surface area contributed by atoms with E-state index in [1.807, 2.05) is 12.1 Å². The van der Waals surface area contributed by atoms with Gasteiger partial charge in [-0.25, -0.2) is 0 Å². The van der Waals surface area contributed by atoms with Crippen LogP contribution in [0.4, 0.5) is 0 Å². The van der Waals surface area contributed by atoms with Crippen molar-refractivity contribution in [1.29, 1.82) is 0 Å². The summed E-state index contributed by atoms with van der Waals surface area (Å²) in [5.41, 5.74) is 1.07. The molecule has 1 unspecified atom stereocenters. The molecule has 5 heteroatoms. The Labute approximate surface area is 110 Å². The molecule has 0 aliphatic carbocycles. The lowest BCUT2D eigenvalue weighted by molar-refractivity contribution is -0.148. The molecule has 0 radical (unpaired) electrons. The smallest absolute Gasteiger partial charge is 0.307 e. The van der Waals surface area contributed by atoms with Gasteiger partial charge in [-0.15, -0.1) is 0 Å². The molecular formula is C13H15ClO4. The number of halogens is 1. The molecule has 0 aliphatic heterocycles. The molecule has 2 N–H and O–H groups in total. The van der Waals surface area contributed by atoms with E-state index in [4.69, 9.17) is 21.8 Å². The van der Waals surface area contributed by atoms with Crippen LogP contribution in [0.3, 0.4) is 0 Å². The van der Waals surface area contributed by atoms with E-state index in [1.54, 1.807) is 12.1 Å². The molecule has 98 valence electrons. The molecule has 0 aliphatic rings. The SMILES string of the molecule is O=C(O)CC(CCCc1ccc(Cl)cc1)C(=O)O. The van der Waals surface area contributed by atoms with E-state index in [-0.39, 0.29) is 6.42 Å². The van der Waals surface area contributed by atoms with Gasteiger partial charge < -0.3 is 10.2 Å². The Morgan fingerprint density at radius 2 is 1.78 bits per heavy atom. The van der Waals surface area contributed by atoms with Gasteiger partial charge in [-0.2, -0.15) is 0 Å². The third-order valence-corrected chi connectivity index (χ3v) is 2.95. The lowest BCUT2D eigenvalue weighted by Gasteiger charge is -2.09. The van der Waals surface area contributed by atoms with Crippen LogP contribution in [0, 0.1) is 5.92 Å². The number of aliphatic carboxylic acids is 2. The van der Waals surface area contributed by atoms with Crippen LogP contribution >= 0.6 is 11.6 Å². The predicted molar refractivity (Wildman–Crippen MR) is 67.8 cm³/mol. The molecule has 0 heterocycles. The van der Waals surface area contributed by atoms with E-state index in [0.29, 0.717) is 17.9 Å². The normalized spacial score (nSPS) is 12.1. The van der Waals surface area contributed by atoms with Crippen LogP contribution in [-0.4, -0.2) is 22.2 Å². The number of carboxylic acid groups (broad SMARTS) is 2. The third-order valence-electron chi connectivity index (χ3n) is 2.70. The van der Waals surface area contributed by atoms with Crippen molar-refractivity contribution in [2.45, 2.75) is 25.7 Å². The second-order valence-corrected chi connectivity index (χ2v) is 4.59. The van der Waals surface area contributed by atoms with Gasteiger partial charge in [-0.05, 0) is 37.0 Å². The minimum Gasteiger partial charge on any atom is -0.481 e. The molecule has 18 heavy (non-hydrogen) atoms. The molecule has 0 bridgehead atoms. The van der Waals surface area contributed by atoms with Crippen LogP contribution in [0.2, 0.25) is 5.02 Å². The summed E-state index contributed by atoms with van der Waals surface area (Å²) in [7, 11) is 0. The maximum Gasteiger partial charge on any atom is 0.307 e. The number of aryl methyl sites for hydroxylation is 1. The minimum absolute atomic E-state index is 0.323. The van der Waals surface area contributed by atoms with Crippen LogP contribution in [0.25, 0.3) is 0 Å². The Bertz CT molecular complexity index is 414. The highest BCUT2D eigenvalue weighted by molar-refractivity contribution is 6.30. The van der Waals surface area contributed by atoms with Crippen molar-refractivity contribution >= 4 is 23.5 Å². The van der Waals surface area contributed by atoms with Crippen molar-refractivity contribution in [3.8, 4) is 0 Å². The average molecular weight is 271 g/mol. The van der Waals surface area contributed by atoms with Gasteiger partial charge in [-0.3, -0.25) is 9.59 Å². The first-order valence-corrected chi connectivity index (χ1v) is 6.06. The summed E-state index contributed by atoms with van der Waals surface area (Å²) >= 11 is 5.75. The fraction of sp³-hybridized carbons (Fsp3) is 0.385. The molecule has 0 spiro atoms. The first-order chi connectivity index (χ1) is 8.49. The first kappa shape index (κ1) is 14.5. The van der Waals surface area contributed by atoms with Crippen molar-refractivity contribution in [2.24, 2.45) is 5.92 Å². The zero-order chi connectivity index (χ0) is 13.5. The van der Waals surface area contributed by atoms with E-state index in [0.717, 1.165) is 12.0 Å². The molecule has 0 amide bonds. The van der Waals surface area contributed by atoms with Crippen LogP contribution in [0.15, 0.2) is 24.3 Å². The van der Waals surface area contributed by atoms with Gasteiger partial charge in [-0.1, -0.05) is 23.7 Å². The summed E-state index contributed by atoms with van der Waals surface area (Å²) in [5.74, 6) is -2.93. The zero-order valence-corrected chi connectivity index (χ0v) is 10.6. The zero-order valence-electron chi connectivity index (χ0n) is 9.80. The van der Waals surface area contributed by atoms with Crippen molar-refractivity contribution in [1.82, 2.24) is 0 Å². The van der Waals surface area contributed by atoms with Gasteiger partial charge >= 0.3 is 11.9 Å². The predicted octanol–water partition coefficient (Wildman–Crippen LogP) is 2.84. The minimum atomic E-state index is -1.08. The molecule has 1 rings (SSSR count). The molecule has 0 saturated carbocycles.